The van der Waals surface area contributed by atoms with Gasteiger partial charge in [0.25, 0.3) is 5.91 Å². The Labute approximate surface area is 132 Å². The number of amides is 1. The molecular formula is C18H25NO3. The number of rotatable bonds is 3. The van der Waals surface area contributed by atoms with Gasteiger partial charge in [0, 0.05) is 20.0 Å². The number of hydrogen-bond acceptors (Lipinski definition) is 3. The first kappa shape index (κ1) is 15.3. The molecule has 1 fully saturated rings. The first-order valence-corrected chi connectivity index (χ1v) is 8.12. The molecule has 1 atom stereocenters. The zero-order valence-corrected chi connectivity index (χ0v) is 13.7. The Bertz CT molecular complexity index is 559. The molecule has 0 saturated heterocycles. The third kappa shape index (κ3) is 2.84. The van der Waals surface area contributed by atoms with Crippen molar-refractivity contribution in [2.75, 3.05) is 13.6 Å². The van der Waals surface area contributed by atoms with Gasteiger partial charge >= 0.3 is 0 Å². The quantitative estimate of drug-likeness (QED) is 0.932. The molecule has 4 nitrogen and oxygen atoms in total. The lowest BCUT2D eigenvalue weighted by atomic mass is 10.0. The van der Waals surface area contributed by atoms with Crippen LogP contribution in [0.15, 0.2) is 12.1 Å². The van der Waals surface area contributed by atoms with E-state index in [2.05, 4.69) is 19.9 Å². The second-order valence-corrected chi connectivity index (χ2v) is 6.98. The largest absolute Gasteiger partial charge is 0.480 e. The van der Waals surface area contributed by atoms with E-state index in [4.69, 9.17) is 4.74 Å². The lowest BCUT2D eigenvalue weighted by Gasteiger charge is -2.29. The Morgan fingerprint density at radius 2 is 1.95 bits per heavy atom. The molecule has 4 heteroatoms. The average molecular weight is 303 g/mol. The first-order chi connectivity index (χ1) is 10.4. The maximum absolute atomic E-state index is 12.6. The lowest BCUT2D eigenvalue weighted by molar-refractivity contribution is -0.139. The molecule has 1 aromatic carbocycles. The van der Waals surface area contributed by atoms with Gasteiger partial charge < -0.3 is 14.7 Å². The zero-order chi connectivity index (χ0) is 15.9. The first-order valence-electron chi connectivity index (χ1n) is 8.12. The van der Waals surface area contributed by atoms with Crippen molar-refractivity contribution >= 4 is 5.91 Å². The highest BCUT2D eigenvalue weighted by molar-refractivity contribution is 5.82. The van der Waals surface area contributed by atoms with Crippen LogP contribution in [0.5, 0.6) is 5.75 Å². The molecule has 0 bridgehead atoms. The maximum atomic E-state index is 12.6. The van der Waals surface area contributed by atoms with E-state index in [0.29, 0.717) is 13.0 Å². The van der Waals surface area contributed by atoms with Crippen molar-refractivity contribution in [1.29, 1.82) is 0 Å². The zero-order valence-electron chi connectivity index (χ0n) is 13.7. The molecule has 1 N–H and O–H groups in total. The normalized spacial score (nSPS) is 22.3. The van der Waals surface area contributed by atoms with Gasteiger partial charge in [-0.25, -0.2) is 0 Å². The van der Waals surface area contributed by atoms with Gasteiger partial charge in [-0.15, -0.1) is 0 Å². The van der Waals surface area contributed by atoms with Crippen molar-refractivity contribution in [3.05, 3.63) is 28.8 Å². The molecule has 1 aliphatic heterocycles. The van der Waals surface area contributed by atoms with Crippen LogP contribution in [0.25, 0.3) is 0 Å². The fraction of sp³-hybridized carbons (Fsp3) is 0.611. The summed E-state index contributed by atoms with van der Waals surface area (Å²) in [6.45, 7) is 4.53. The van der Waals surface area contributed by atoms with E-state index in [0.717, 1.165) is 37.0 Å². The Morgan fingerprint density at radius 3 is 2.64 bits per heavy atom. The number of ether oxygens (including phenoxy) is 1. The van der Waals surface area contributed by atoms with Crippen LogP contribution >= 0.6 is 0 Å². The molecule has 120 valence electrons. The van der Waals surface area contributed by atoms with Crippen LogP contribution in [-0.4, -0.2) is 41.2 Å². The Balaban J connectivity index is 1.66. The van der Waals surface area contributed by atoms with Gasteiger partial charge in [0.05, 0.1) is 5.60 Å². The van der Waals surface area contributed by atoms with E-state index in [1.807, 2.05) is 6.07 Å². The van der Waals surface area contributed by atoms with Crippen molar-refractivity contribution in [2.24, 2.45) is 0 Å². The van der Waals surface area contributed by atoms with Crippen molar-refractivity contribution in [2.45, 2.75) is 57.7 Å². The molecule has 1 aromatic rings. The van der Waals surface area contributed by atoms with Gasteiger partial charge in [0.2, 0.25) is 0 Å². The predicted molar refractivity (Wildman–Crippen MR) is 85.1 cm³/mol. The molecule has 2 aliphatic rings. The minimum absolute atomic E-state index is 0.0353. The summed E-state index contributed by atoms with van der Waals surface area (Å²) in [5.41, 5.74) is 2.81. The highest BCUT2D eigenvalue weighted by Gasteiger charge is 2.37. The third-order valence-corrected chi connectivity index (χ3v) is 5.07. The van der Waals surface area contributed by atoms with E-state index in [9.17, 15) is 9.90 Å². The van der Waals surface area contributed by atoms with Gasteiger partial charge in [-0.3, -0.25) is 4.79 Å². The van der Waals surface area contributed by atoms with E-state index in [-0.39, 0.29) is 5.91 Å². The van der Waals surface area contributed by atoms with Gasteiger partial charge in [-0.2, -0.15) is 0 Å². The van der Waals surface area contributed by atoms with Crippen LogP contribution in [-0.2, 0) is 11.2 Å². The minimum Gasteiger partial charge on any atom is -0.480 e. The third-order valence-electron chi connectivity index (χ3n) is 5.07. The summed E-state index contributed by atoms with van der Waals surface area (Å²) in [4.78, 5) is 14.2. The van der Waals surface area contributed by atoms with E-state index in [1.165, 1.54) is 11.1 Å². The molecule has 1 heterocycles. The molecule has 1 saturated carbocycles. The highest BCUT2D eigenvalue weighted by atomic mass is 16.5. The molecule has 1 amide bonds. The summed E-state index contributed by atoms with van der Waals surface area (Å²) in [5, 5.41) is 10.5. The molecule has 3 rings (SSSR count). The summed E-state index contributed by atoms with van der Waals surface area (Å²) in [7, 11) is 1.77. The van der Waals surface area contributed by atoms with Gasteiger partial charge in [-0.05, 0) is 49.4 Å². The number of carbonyl (C=O) groups is 1. The van der Waals surface area contributed by atoms with Gasteiger partial charge in [0.15, 0.2) is 6.10 Å². The van der Waals surface area contributed by atoms with Crippen molar-refractivity contribution in [1.82, 2.24) is 4.90 Å². The monoisotopic (exact) mass is 303 g/mol. The maximum Gasteiger partial charge on any atom is 0.263 e. The number of hydrogen-bond donors (Lipinski definition) is 1. The molecule has 1 unspecified atom stereocenters. The topological polar surface area (TPSA) is 49.8 Å². The predicted octanol–water partition coefficient (Wildman–Crippen LogP) is 2.37. The summed E-state index contributed by atoms with van der Waals surface area (Å²) >= 11 is 0. The molecule has 0 radical (unpaired) electrons. The Morgan fingerprint density at radius 1 is 1.32 bits per heavy atom. The molecule has 22 heavy (non-hydrogen) atoms. The summed E-state index contributed by atoms with van der Waals surface area (Å²) in [5.74, 6) is 0.793. The van der Waals surface area contributed by atoms with Crippen molar-refractivity contribution < 1.29 is 14.6 Å². The highest BCUT2D eigenvalue weighted by Crippen LogP contribution is 2.33. The number of benzene rings is 1. The number of likely N-dealkylation sites (N-methyl/N-ethyl adjacent to an activating group) is 1. The van der Waals surface area contributed by atoms with Gasteiger partial charge in [0.1, 0.15) is 5.75 Å². The fourth-order valence-corrected chi connectivity index (χ4v) is 3.61. The van der Waals surface area contributed by atoms with Crippen LogP contribution in [0.1, 0.15) is 42.4 Å². The van der Waals surface area contributed by atoms with E-state index < -0.39 is 11.7 Å². The smallest absolute Gasteiger partial charge is 0.263 e. The molecule has 0 aromatic heterocycles. The lowest BCUT2D eigenvalue weighted by Crippen LogP contribution is -2.46. The molecule has 1 aliphatic carbocycles. The van der Waals surface area contributed by atoms with Crippen LogP contribution in [0.3, 0.4) is 0 Å². The minimum atomic E-state index is -0.705. The second kappa shape index (κ2) is 5.58. The van der Waals surface area contributed by atoms with Crippen LogP contribution < -0.4 is 4.74 Å². The summed E-state index contributed by atoms with van der Waals surface area (Å²) in [6, 6.07) is 4.13. The summed E-state index contributed by atoms with van der Waals surface area (Å²) < 4.78 is 5.85. The second-order valence-electron chi connectivity index (χ2n) is 6.98. The number of carbonyl (C=O) groups excluding carboxylic acids is 1. The molecular weight excluding hydrogens is 278 g/mol. The SMILES string of the molecule is Cc1cc2c(cc1C)OC(C(=O)N(C)CC1(O)CCCC1)C2. The van der Waals surface area contributed by atoms with Crippen molar-refractivity contribution in [3.63, 3.8) is 0 Å². The number of fused-ring (bicyclic) bond motifs is 1. The fourth-order valence-electron chi connectivity index (χ4n) is 3.61. The Kier molecular flexibility index (Phi) is 3.89. The molecule has 0 spiro atoms. The van der Waals surface area contributed by atoms with Crippen LogP contribution in [0, 0.1) is 13.8 Å². The number of nitrogens with zero attached hydrogens (tertiary/aromatic N) is 1. The average Bonchev–Trinajstić information content (AvgIpc) is 3.05. The Hall–Kier alpha value is -1.55. The van der Waals surface area contributed by atoms with Gasteiger partial charge in [-0.1, -0.05) is 18.9 Å². The van der Waals surface area contributed by atoms with Crippen LogP contribution in [0.4, 0.5) is 0 Å². The van der Waals surface area contributed by atoms with Crippen LogP contribution in [0.2, 0.25) is 0 Å². The number of aliphatic hydroxyl groups is 1. The van der Waals surface area contributed by atoms with E-state index >= 15 is 0 Å². The van der Waals surface area contributed by atoms with Crippen molar-refractivity contribution in [3.8, 4) is 5.75 Å². The summed E-state index contributed by atoms with van der Waals surface area (Å²) in [6.07, 6.45) is 3.83. The number of aryl methyl sites for hydroxylation is 2. The van der Waals surface area contributed by atoms with E-state index in [1.54, 1.807) is 11.9 Å². The standard InChI is InChI=1S/C18H25NO3/c1-12-8-14-10-16(22-15(14)9-13(12)2)17(20)19(3)11-18(21)6-4-5-7-18/h8-9,16,21H,4-7,10-11H2,1-3H3.